The first-order valence-corrected chi connectivity index (χ1v) is 26.1. The topological polar surface area (TPSA) is 340 Å². The molecule has 0 spiro atoms. The van der Waals surface area contributed by atoms with Crippen LogP contribution in [0.25, 0.3) is 0 Å². The Morgan fingerprint density at radius 1 is 0.446 bits per heavy atom. The molecule has 0 saturated carbocycles. The number of hydrogen-bond acceptors (Lipinski definition) is 12. The van der Waals surface area contributed by atoms with E-state index in [4.69, 9.17) is 0 Å². The lowest BCUT2D eigenvalue weighted by Crippen LogP contribution is -2.61. The van der Waals surface area contributed by atoms with Gasteiger partial charge in [0, 0.05) is 6.42 Å². The molecule has 0 rings (SSSR count). The molecule has 0 radical (unpaired) electrons. The standard InChI is InChI=1S/C51H93N11O12/c1-16-18-19-20-21-22-36(64)60-49(10,11)46(72)54-27-39(67)58-41(32(7)8)45(71)62-51(14,15)48(74)53-25-37(65)52-26-38(66)57-35(24-31(5)6)43(69)61-50(12,13)47(73)55-28-40(68)59-42(33(9)17-2)44(70)56-34(29-63)23-30(3)4/h30-35,41-42,63H,16-29H2,1-15H3,(H,52,65)(H,53,74)(H,54,72)(H,55,73)(H,56,70)(H,57,66)(H,58,67)(H,59,68)(H,60,64)(H,61,69)(H,62,71)/t33-,34-,35-,41-,42-/m0/s1. The van der Waals surface area contributed by atoms with Crippen molar-refractivity contribution in [2.24, 2.45) is 23.7 Å². The second-order valence-electron chi connectivity index (χ2n) is 21.9. The lowest BCUT2D eigenvalue weighted by Gasteiger charge is -2.30. The van der Waals surface area contributed by atoms with Crippen molar-refractivity contribution in [3.63, 3.8) is 0 Å². The van der Waals surface area contributed by atoms with E-state index in [0.717, 1.165) is 25.7 Å². The van der Waals surface area contributed by atoms with Crippen LogP contribution in [0.5, 0.6) is 0 Å². The van der Waals surface area contributed by atoms with Crippen molar-refractivity contribution in [2.45, 2.75) is 202 Å². The first kappa shape index (κ1) is 68.1. The molecule has 0 unspecified atom stereocenters. The minimum absolute atomic E-state index is 0.109. The van der Waals surface area contributed by atoms with Crippen LogP contribution < -0.4 is 58.5 Å². The van der Waals surface area contributed by atoms with Gasteiger partial charge in [-0.05, 0) is 84.5 Å². The smallest absolute Gasteiger partial charge is 0.245 e. The Bertz CT molecular complexity index is 1900. The van der Waals surface area contributed by atoms with Gasteiger partial charge in [-0.1, -0.05) is 94.4 Å². The van der Waals surface area contributed by atoms with Gasteiger partial charge in [0.2, 0.25) is 65.0 Å². The van der Waals surface area contributed by atoms with Gasteiger partial charge in [-0.2, -0.15) is 0 Å². The molecule has 0 fully saturated rings. The normalized spacial score (nSPS) is 13.8. The van der Waals surface area contributed by atoms with Crippen molar-refractivity contribution in [1.82, 2.24) is 58.5 Å². The maximum Gasteiger partial charge on any atom is 0.245 e. The largest absolute Gasteiger partial charge is 0.394 e. The highest BCUT2D eigenvalue weighted by Gasteiger charge is 2.37. The van der Waals surface area contributed by atoms with E-state index in [9.17, 15) is 57.8 Å². The fraction of sp³-hybridized carbons (Fsp3) is 0.784. The van der Waals surface area contributed by atoms with E-state index in [0.29, 0.717) is 19.3 Å². The van der Waals surface area contributed by atoms with Gasteiger partial charge in [0.05, 0.1) is 38.8 Å². The van der Waals surface area contributed by atoms with Crippen molar-refractivity contribution in [3.05, 3.63) is 0 Å². The Hall–Kier alpha value is -5.87. The molecule has 0 bridgehead atoms. The highest BCUT2D eigenvalue weighted by molar-refractivity contribution is 5.98. The molecular formula is C51H93N11O12. The van der Waals surface area contributed by atoms with Crippen LogP contribution in [0, 0.1) is 23.7 Å². The predicted molar refractivity (Wildman–Crippen MR) is 280 cm³/mol. The molecule has 5 atom stereocenters. The highest BCUT2D eigenvalue weighted by atomic mass is 16.3. The van der Waals surface area contributed by atoms with Gasteiger partial charge in [0.15, 0.2) is 0 Å². The van der Waals surface area contributed by atoms with Crippen molar-refractivity contribution >= 4 is 65.0 Å². The Kier molecular flexibility index (Phi) is 30.5. The summed E-state index contributed by atoms with van der Waals surface area (Å²) in [7, 11) is 0. The monoisotopic (exact) mass is 1050 g/mol. The zero-order valence-electron chi connectivity index (χ0n) is 47.0. The first-order chi connectivity index (χ1) is 34.2. The molecule has 11 amide bonds. The number of nitrogens with one attached hydrogen (secondary N) is 11. The summed E-state index contributed by atoms with van der Waals surface area (Å²) >= 11 is 0. The lowest BCUT2D eigenvalue weighted by molar-refractivity contribution is -0.136. The van der Waals surface area contributed by atoms with E-state index < -0.39 is 132 Å². The molecule has 23 heteroatoms. The van der Waals surface area contributed by atoms with Crippen molar-refractivity contribution in [1.29, 1.82) is 0 Å². The predicted octanol–water partition coefficient (Wildman–Crippen LogP) is 0.222. The Balaban J connectivity index is 5.30. The van der Waals surface area contributed by atoms with Crippen molar-refractivity contribution in [2.75, 3.05) is 32.8 Å². The maximum atomic E-state index is 13.5. The molecule has 74 heavy (non-hydrogen) atoms. The van der Waals surface area contributed by atoms with E-state index >= 15 is 0 Å². The summed E-state index contributed by atoms with van der Waals surface area (Å²) in [5.41, 5.74) is -4.48. The Morgan fingerprint density at radius 3 is 1.34 bits per heavy atom. The van der Waals surface area contributed by atoms with Crippen molar-refractivity contribution < 1.29 is 57.8 Å². The summed E-state index contributed by atoms with van der Waals surface area (Å²) in [6.45, 7) is 22.7. The van der Waals surface area contributed by atoms with Crippen LogP contribution in [0.1, 0.15) is 162 Å². The first-order valence-electron chi connectivity index (χ1n) is 26.1. The summed E-state index contributed by atoms with van der Waals surface area (Å²) < 4.78 is 0. The molecule has 424 valence electrons. The number of rotatable bonds is 35. The van der Waals surface area contributed by atoms with Gasteiger partial charge >= 0.3 is 0 Å². The van der Waals surface area contributed by atoms with Crippen LogP contribution in [0.4, 0.5) is 0 Å². The minimum Gasteiger partial charge on any atom is -0.394 e. The van der Waals surface area contributed by atoms with Crippen LogP contribution in [0.2, 0.25) is 0 Å². The van der Waals surface area contributed by atoms with E-state index in [1.165, 1.54) is 41.5 Å². The Morgan fingerprint density at radius 2 is 0.878 bits per heavy atom. The molecule has 0 saturated heterocycles. The SMILES string of the molecule is CCCCCCCC(=O)NC(C)(C)C(=O)NCC(=O)N[C@H](C(=O)NC(C)(C)C(=O)NCC(=O)NCC(=O)N[C@@H](CC(C)C)C(=O)NC(C)(C)C(=O)NCC(=O)N[C@H](C(=O)N[C@H](CO)CC(C)C)[C@@H](C)CC)C(C)C. The Labute approximate surface area is 439 Å². The van der Waals surface area contributed by atoms with Gasteiger partial charge in [0.1, 0.15) is 34.7 Å². The molecule has 12 N–H and O–H groups in total. The van der Waals surface area contributed by atoms with Crippen LogP contribution in [0.3, 0.4) is 0 Å². The lowest BCUT2D eigenvalue weighted by atomic mass is 9.97. The molecule has 0 heterocycles. The molecule has 0 aromatic heterocycles. The van der Waals surface area contributed by atoms with Crippen LogP contribution in [-0.4, -0.2) is 144 Å². The van der Waals surface area contributed by atoms with Gasteiger partial charge in [-0.15, -0.1) is 0 Å². The number of hydrogen-bond donors (Lipinski definition) is 12. The molecule has 0 aromatic rings. The fourth-order valence-corrected chi connectivity index (χ4v) is 7.31. The average molecular weight is 1050 g/mol. The number of aliphatic hydroxyl groups excluding tert-OH is 1. The van der Waals surface area contributed by atoms with Gasteiger partial charge in [0.25, 0.3) is 0 Å². The minimum atomic E-state index is -1.60. The van der Waals surface area contributed by atoms with Gasteiger partial charge < -0.3 is 63.6 Å². The van der Waals surface area contributed by atoms with Crippen molar-refractivity contribution in [3.8, 4) is 0 Å². The molecule has 0 aliphatic heterocycles. The van der Waals surface area contributed by atoms with E-state index in [2.05, 4.69) is 65.4 Å². The van der Waals surface area contributed by atoms with E-state index in [-0.39, 0.29) is 43.1 Å². The molecule has 0 aromatic carbocycles. The number of carbonyl (C=O) groups excluding carboxylic acids is 11. The molecular weight excluding hydrogens is 959 g/mol. The zero-order valence-corrected chi connectivity index (χ0v) is 47.0. The van der Waals surface area contributed by atoms with E-state index in [1.807, 2.05) is 34.6 Å². The maximum absolute atomic E-state index is 13.5. The summed E-state index contributed by atoms with van der Waals surface area (Å²) in [6.07, 6.45) is 6.30. The molecule has 0 aliphatic carbocycles. The van der Waals surface area contributed by atoms with Crippen LogP contribution in [-0.2, 0) is 52.7 Å². The quantitative estimate of drug-likeness (QED) is 0.0380. The zero-order chi connectivity index (χ0) is 57.1. The highest BCUT2D eigenvalue weighted by Crippen LogP contribution is 2.13. The fourth-order valence-electron chi connectivity index (χ4n) is 7.31. The second kappa shape index (κ2) is 33.1. The summed E-state index contributed by atoms with van der Waals surface area (Å²) in [6, 6.07) is -3.71. The third-order valence-corrected chi connectivity index (χ3v) is 12.0. The van der Waals surface area contributed by atoms with Crippen LogP contribution >= 0.6 is 0 Å². The van der Waals surface area contributed by atoms with Gasteiger partial charge in [-0.25, -0.2) is 0 Å². The number of amides is 11. The summed E-state index contributed by atoms with van der Waals surface area (Å²) in [4.78, 5) is 143. The number of unbranched alkanes of at least 4 members (excludes halogenated alkanes) is 4. The third-order valence-electron chi connectivity index (χ3n) is 12.0. The van der Waals surface area contributed by atoms with Crippen LogP contribution in [0.15, 0.2) is 0 Å². The number of aliphatic hydroxyl groups is 1. The second-order valence-corrected chi connectivity index (χ2v) is 21.9. The average Bonchev–Trinajstić information content (AvgIpc) is 3.29. The third kappa shape index (κ3) is 26.9. The molecule has 23 nitrogen and oxygen atoms in total. The summed E-state index contributed by atoms with van der Waals surface area (Å²) in [5.74, 6) is -7.81. The van der Waals surface area contributed by atoms with Gasteiger partial charge in [-0.3, -0.25) is 52.7 Å². The number of carbonyl (C=O) groups is 11. The molecule has 0 aliphatic rings. The van der Waals surface area contributed by atoms with E-state index in [1.54, 1.807) is 20.8 Å². The summed E-state index contributed by atoms with van der Waals surface area (Å²) in [5, 5.41) is 37.9.